The average Bonchev–Trinajstić information content (AvgIpc) is 3.29. The zero-order chi connectivity index (χ0) is 24.7. The normalized spacial score (nSPS) is 11.6. The maximum atomic E-state index is 13.7. The monoisotopic (exact) mass is 491 g/mol. The Morgan fingerprint density at radius 3 is 2.47 bits per heavy atom. The number of carbonyl (C=O) groups is 1. The van der Waals surface area contributed by atoms with Gasteiger partial charge in [-0.1, -0.05) is 44.2 Å². The number of benzene rings is 2. The minimum atomic E-state index is -4.73. The molecule has 0 bridgehead atoms. The number of ether oxygens (including phenoxy) is 1. The van der Waals surface area contributed by atoms with E-state index in [1.54, 1.807) is 25.3 Å². The van der Waals surface area contributed by atoms with Crippen molar-refractivity contribution >= 4 is 17.2 Å². The molecule has 0 fully saturated rings. The molecule has 0 aliphatic carbocycles. The summed E-state index contributed by atoms with van der Waals surface area (Å²) < 4.78 is 46.3. The molecule has 0 radical (unpaired) electrons. The second kappa shape index (κ2) is 11.5. The number of methoxy groups -OCH3 is 1. The number of thiazole rings is 1. The van der Waals surface area contributed by atoms with Gasteiger partial charge in [0.2, 0.25) is 0 Å². The first-order valence-corrected chi connectivity index (χ1v) is 11.9. The summed E-state index contributed by atoms with van der Waals surface area (Å²) >= 11 is 0.762. The van der Waals surface area contributed by atoms with Gasteiger partial charge in [0, 0.05) is 18.7 Å². The minimum absolute atomic E-state index is 0.173. The zero-order valence-corrected chi connectivity index (χ0v) is 20.2. The highest BCUT2D eigenvalue weighted by atomic mass is 32.1. The highest BCUT2D eigenvalue weighted by Crippen LogP contribution is 2.38. The van der Waals surface area contributed by atoms with Crippen LogP contribution in [0.5, 0.6) is 5.75 Å². The number of aromatic nitrogens is 1. The lowest BCUT2D eigenvalue weighted by atomic mass is 10.1. The van der Waals surface area contributed by atoms with Crippen molar-refractivity contribution in [2.24, 2.45) is 0 Å². The number of carbonyl (C=O) groups excluding carboxylic acids is 1. The van der Waals surface area contributed by atoms with Gasteiger partial charge in [-0.3, -0.25) is 9.69 Å². The summed E-state index contributed by atoms with van der Waals surface area (Å²) in [6, 6.07) is 14.6. The van der Waals surface area contributed by atoms with Gasteiger partial charge in [0.1, 0.15) is 15.6 Å². The fraction of sp³-hybridized carbons (Fsp3) is 0.360. The van der Waals surface area contributed by atoms with Crippen LogP contribution in [-0.4, -0.2) is 42.5 Å². The summed E-state index contributed by atoms with van der Waals surface area (Å²) in [5.41, 5.74) is 1.30. The molecular formula is C25H28F3N3O2S. The molecule has 3 rings (SSSR count). The van der Waals surface area contributed by atoms with E-state index in [1.165, 1.54) is 0 Å². The van der Waals surface area contributed by atoms with E-state index in [0.29, 0.717) is 24.3 Å². The van der Waals surface area contributed by atoms with Gasteiger partial charge in [-0.2, -0.15) is 13.2 Å². The van der Waals surface area contributed by atoms with Crippen molar-refractivity contribution in [3.8, 4) is 16.3 Å². The van der Waals surface area contributed by atoms with Gasteiger partial charge >= 0.3 is 6.18 Å². The number of amides is 1. The highest BCUT2D eigenvalue weighted by molar-refractivity contribution is 7.17. The van der Waals surface area contributed by atoms with Crippen molar-refractivity contribution in [3.05, 3.63) is 70.2 Å². The topological polar surface area (TPSA) is 54.5 Å². The summed E-state index contributed by atoms with van der Waals surface area (Å²) in [6.45, 7) is 6.74. The smallest absolute Gasteiger partial charge is 0.435 e. The molecule has 0 atom stereocenters. The number of nitrogens with one attached hydrogen (secondary N) is 1. The van der Waals surface area contributed by atoms with E-state index in [2.05, 4.69) is 29.0 Å². The number of rotatable bonds is 10. The van der Waals surface area contributed by atoms with E-state index in [4.69, 9.17) is 4.74 Å². The number of alkyl halides is 3. The molecule has 0 saturated carbocycles. The summed E-state index contributed by atoms with van der Waals surface area (Å²) in [5.74, 6) is -0.100. The summed E-state index contributed by atoms with van der Waals surface area (Å²) in [5, 5.41) is 2.77. The maximum Gasteiger partial charge on any atom is 0.435 e. The molecule has 2 aromatic carbocycles. The third-order valence-corrected chi connectivity index (χ3v) is 6.51. The first kappa shape index (κ1) is 25.7. The Morgan fingerprint density at radius 2 is 1.79 bits per heavy atom. The van der Waals surface area contributed by atoms with Crippen LogP contribution in [0.25, 0.3) is 10.6 Å². The van der Waals surface area contributed by atoms with E-state index in [9.17, 15) is 18.0 Å². The van der Waals surface area contributed by atoms with Crippen LogP contribution in [0.1, 0.15) is 40.3 Å². The zero-order valence-electron chi connectivity index (χ0n) is 19.4. The Hall–Kier alpha value is -2.91. The number of hydrogen-bond donors (Lipinski definition) is 1. The predicted octanol–water partition coefficient (Wildman–Crippen LogP) is 5.65. The summed E-state index contributed by atoms with van der Waals surface area (Å²) in [6.07, 6.45) is -4.27. The Bertz CT molecular complexity index is 1110. The van der Waals surface area contributed by atoms with Crippen LogP contribution in [0.15, 0.2) is 48.5 Å². The highest BCUT2D eigenvalue weighted by Gasteiger charge is 2.39. The van der Waals surface area contributed by atoms with Crippen molar-refractivity contribution in [2.45, 2.75) is 33.0 Å². The molecule has 1 N–H and O–H groups in total. The molecule has 0 saturated heterocycles. The first-order valence-electron chi connectivity index (χ1n) is 11.1. The molecule has 182 valence electrons. The summed E-state index contributed by atoms with van der Waals surface area (Å²) in [4.78, 5) is 18.3. The van der Waals surface area contributed by atoms with Crippen molar-refractivity contribution < 1.29 is 22.7 Å². The fourth-order valence-corrected chi connectivity index (χ4v) is 4.52. The molecule has 0 aliphatic rings. The Balaban J connectivity index is 1.79. The van der Waals surface area contributed by atoms with Crippen molar-refractivity contribution in [3.63, 3.8) is 0 Å². The number of nitrogens with zero attached hydrogens (tertiary/aromatic N) is 2. The lowest BCUT2D eigenvalue weighted by Crippen LogP contribution is -2.27. The quantitative estimate of drug-likeness (QED) is 0.398. The van der Waals surface area contributed by atoms with E-state index < -0.39 is 22.7 Å². The third-order valence-electron chi connectivity index (χ3n) is 5.41. The van der Waals surface area contributed by atoms with Crippen LogP contribution in [0, 0.1) is 0 Å². The van der Waals surface area contributed by atoms with Gasteiger partial charge in [-0.15, -0.1) is 11.3 Å². The van der Waals surface area contributed by atoms with E-state index in [-0.39, 0.29) is 11.6 Å². The fourth-order valence-electron chi connectivity index (χ4n) is 3.53. The lowest BCUT2D eigenvalue weighted by Gasteiger charge is -2.18. The molecule has 9 heteroatoms. The molecule has 1 aromatic heterocycles. The Labute approximate surface area is 201 Å². The molecule has 3 aromatic rings. The molecule has 0 aliphatic heterocycles. The van der Waals surface area contributed by atoms with Crippen molar-refractivity contribution in [1.29, 1.82) is 0 Å². The Kier molecular flexibility index (Phi) is 8.68. The molecule has 1 heterocycles. The SMILES string of the molecule is CCN(CC)Cc1cccc(-c2nc(C(F)(F)F)c(C(=O)NCCc3cccc(OC)c3)s2)c1. The van der Waals surface area contributed by atoms with Gasteiger partial charge in [-0.05, 0) is 48.8 Å². The van der Waals surface area contributed by atoms with Crippen LogP contribution in [0.4, 0.5) is 13.2 Å². The largest absolute Gasteiger partial charge is 0.497 e. The number of halogens is 3. The maximum absolute atomic E-state index is 13.7. The summed E-state index contributed by atoms with van der Waals surface area (Å²) in [7, 11) is 1.56. The van der Waals surface area contributed by atoms with Gasteiger partial charge in [0.25, 0.3) is 5.91 Å². The average molecular weight is 492 g/mol. The molecular weight excluding hydrogens is 463 g/mol. The molecule has 0 spiro atoms. The predicted molar refractivity (Wildman–Crippen MR) is 128 cm³/mol. The van der Waals surface area contributed by atoms with Crippen LogP contribution >= 0.6 is 11.3 Å². The van der Waals surface area contributed by atoms with Crippen molar-refractivity contribution in [2.75, 3.05) is 26.7 Å². The van der Waals surface area contributed by atoms with E-state index >= 15 is 0 Å². The van der Waals surface area contributed by atoms with Crippen LogP contribution in [0.3, 0.4) is 0 Å². The second-order valence-electron chi connectivity index (χ2n) is 7.71. The standard InChI is InChI=1S/C25H28F3N3O2S/c1-4-31(5-2)16-18-9-6-10-19(14-18)24-30-22(25(26,27)28)21(34-24)23(32)29-13-12-17-8-7-11-20(15-17)33-3/h6-11,14-15H,4-5,12-13,16H2,1-3H3,(H,29,32). The lowest BCUT2D eigenvalue weighted by molar-refractivity contribution is -0.141. The van der Waals surface area contributed by atoms with Gasteiger partial charge in [0.15, 0.2) is 5.69 Å². The second-order valence-corrected chi connectivity index (χ2v) is 8.71. The molecule has 5 nitrogen and oxygen atoms in total. The van der Waals surface area contributed by atoms with Crippen LogP contribution in [-0.2, 0) is 19.1 Å². The number of hydrogen-bond acceptors (Lipinski definition) is 5. The third kappa shape index (κ3) is 6.57. The molecule has 34 heavy (non-hydrogen) atoms. The van der Waals surface area contributed by atoms with Gasteiger partial charge in [-0.25, -0.2) is 4.98 Å². The van der Waals surface area contributed by atoms with Crippen molar-refractivity contribution in [1.82, 2.24) is 15.2 Å². The van der Waals surface area contributed by atoms with Gasteiger partial charge < -0.3 is 10.1 Å². The van der Waals surface area contributed by atoms with Crippen LogP contribution in [0.2, 0.25) is 0 Å². The molecule has 0 unspecified atom stereocenters. The minimum Gasteiger partial charge on any atom is -0.497 e. The first-order chi connectivity index (χ1) is 16.2. The van der Waals surface area contributed by atoms with Crippen LogP contribution < -0.4 is 10.1 Å². The van der Waals surface area contributed by atoms with Gasteiger partial charge in [0.05, 0.1) is 7.11 Å². The van der Waals surface area contributed by atoms with E-state index in [1.807, 2.05) is 30.3 Å². The Morgan fingerprint density at radius 1 is 1.09 bits per heavy atom. The van der Waals surface area contributed by atoms with E-state index in [0.717, 1.165) is 35.6 Å². The molecule has 1 amide bonds.